The molecule has 3 rings (SSSR count). The number of benzene rings is 2. The third-order valence-corrected chi connectivity index (χ3v) is 5.07. The van der Waals surface area contributed by atoms with Crippen LogP contribution < -0.4 is 0 Å². The fourth-order valence-corrected chi connectivity index (χ4v) is 3.59. The molecule has 0 unspecified atom stereocenters. The Labute approximate surface area is 138 Å². The second kappa shape index (κ2) is 6.30. The van der Waals surface area contributed by atoms with Crippen LogP contribution in [0.25, 0.3) is 11.0 Å². The van der Waals surface area contributed by atoms with Gasteiger partial charge >= 0.3 is 0 Å². The van der Waals surface area contributed by atoms with E-state index in [1.165, 1.54) is 5.52 Å². The minimum Gasteiger partial charge on any atom is -0.319 e. The van der Waals surface area contributed by atoms with Gasteiger partial charge in [-0.05, 0) is 36.8 Å². The monoisotopic (exact) mass is 336 g/mol. The zero-order valence-corrected chi connectivity index (χ0v) is 13.8. The maximum absolute atomic E-state index is 6.06. The van der Waals surface area contributed by atoms with Crippen LogP contribution in [0.4, 0.5) is 0 Å². The molecule has 0 spiro atoms. The maximum atomic E-state index is 6.06. The number of halogens is 2. The molecule has 1 heterocycles. The van der Waals surface area contributed by atoms with Gasteiger partial charge in [0.05, 0.1) is 21.1 Å². The number of fused-ring (bicyclic) bond motifs is 1. The lowest BCUT2D eigenvalue weighted by Crippen LogP contribution is -1.96. The second-order valence-corrected chi connectivity index (χ2v) is 6.42. The van der Waals surface area contributed by atoms with Crippen molar-refractivity contribution in [1.82, 2.24) is 9.55 Å². The van der Waals surface area contributed by atoms with E-state index in [2.05, 4.69) is 17.6 Å². The van der Waals surface area contributed by atoms with Gasteiger partial charge in [-0.25, -0.2) is 4.98 Å². The molecule has 2 aromatic carbocycles. The molecule has 5 heteroatoms. The van der Waals surface area contributed by atoms with Crippen molar-refractivity contribution in [2.45, 2.75) is 24.4 Å². The maximum Gasteiger partial charge on any atom is 0.169 e. The molecule has 108 valence electrons. The average Bonchev–Trinajstić information content (AvgIpc) is 2.86. The largest absolute Gasteiger partial charge is 0.319 e. The summed E-state index contributed by atoms with van der Waals surface area (Å²) in [5, 5.41) is 2.22. The summed E-state index contributed by atoms with van der Waals surface area (Å²) in [5.41, 5.74) is 3.36. The zero-order chi connectivity index (χ0) is 14.8. The van der Waals surface area contributed by atoms with Crippen LogP contribution >= 0.6 is 35.0 Å². The van der Waals surface area contributed by atoms with Gasteiger partial charge in [0.2, 0.25) is 0 Å². The van der Waals surface area contributed by atoms with Crippen LogP contribution in [0.1, 0.15) is 12.5 Å². The number of aromatic nitrogens is 2. The number of imidazole rings is 1. The summed E-state index contributed by atoms with van der Waals surface area (Å²) >= 11 is 13.7. The minimum atomic E-state index is 0.589. The SMILES string of the molecule is CCn1c(SCc2ccc(Cl)c(Cl)c2)nc2ccccc21. The predicted octanol–water partition coefficient (Wildman–Crippen LogP) is 5.66. The average molecular weight is 337 g/mol. The Morgan fingerprint density at radius 2 is 1.90 bits per heavy atom. The molecule has 0 radical (unpaired) electrons. The predicted molar refractivity (Wildman–Crippen MR) is 91.4 cm³/mol. The van der Waals surface area contributed by atoms with Crippen LogP contribution in [0, 0.1) is 0 Å². The Bertz CT molecular complexity index is 783. The van der Waals surface area contributed by atoms with Gasteiger partial charge in [0.25, 0.3) is 0 Å². The van der Waals surface area contributed by atoms with E-state index in [1.54, 1.807) is 11.8 Å². The lowest BCUT2D eigenvalue weighted by atomic mass is 10.2. The molecule has 0 amide bonds. The van der Waals surface area contributed by atoms with Gasteiger partial charge in [-0.1, -0.05) is 53.2 Å². The summed E-state index contributed by atoms with van der Waals surface area (Å²) in [4.78, 5) is 4.71. The second-order valence-electron chi connectivity index (χ2n) is 4.66. The smallest absolute Gasteiger partial charge is 0.169 e. The molecule has 0 N–H and O–H groups in total. The number of para-hydroxylation sites is 2. The van der Waals surface area contributed by atoms with Crippen LogP contribution in [-0.2, 0) is 12.3 Å². The van der Waals surface area contributed by atoms with Crippen molar-refractivity contribution >= 4 is 46.0 Å². The van der Waals surface area contributed by atoms with Crippen molar-refractivity contribution in [3.8, 4) is 0 Å². The van der Waals surface area contributed by atoms with Gasteiger partial charge in [0.15, 0.2) is 5.16 Å². The van der Waals surface area contributed by atoms with Crippen molar-refractivity contribution in [2.75, 3.05) is 0 Å². The zero-order valence-electron chi connectivity index (χ0n) is 11.5. The molecule has 3 aromatic rings. The molecule has 0 atom stereocenters. The highest BCUT2D eigenvalue weighted by atomic mass is 35.5. The number of nitrogens with zero attached hydrogens (tertiary/aromatic N) is 2. The summed E-state index contributed by atoms with van der Waals surface area (Å²) in [6, 6.07) is 14.0. The Kier molecular flexibility index (Phi) is 4.43. The Balaban J connectivity index is 1.86. The van der Waals surface area contributed by atoms with Crippen LogP contribution in [0.15, 0.2) is 47.6 Å². The number of hydrogen-bond acceptors (Lipinski definition) is 2. The fraction of sp³-hybridized carbons (Fsp3) is 0.188. The van der Waals surface area contributed by atoms with Crippen LogP contribution in [-0.4, -0.2) is 9.55 Å². The number of rotatable bonds is 4. The van der Waals surface area contributed by atoms with E-state index < -0.39 is 0 Å². The highest BCUT2D eigenvalue weighted by molar-refractivity contribution is 7.98. The molecule has 0 bridgehead atoms. The highest BCUT2D eigenvalue weighted by Crippen LogP contribution is 2.29. The van der Waals surface area contributed by atoms with E-state index in [-0.39, 0.29) is 0 Å². The minimum absolute atomic E-state index is 0.589. The number of aryl methyl sites for hydroxylation is 1. The van der Waals surface area contributed by atoms with Gasteiger partial charge in [-0.15, -0.1) is 0 Å². The molecule has 1 aromatic heterocycles. The standard InChI is InChI=1S/C16H14Cl2N2S/c1-2-20-15-6-4-3-5-14(15)19-16(20)21-10-11-7-8-12(17)13(18)9-11/h3-9H,2,10H2,1H3. The van der Waals surface area contributed by atoms with E-state index >= 15 is 0 Å². The fourth-order valence-electron chi connectivity index (χ4n) is 2.25. The first-order valence-electron chi connectivity index (χ1n) is 6.71. The van der Waals surface area contributed by atoms with Gasteiger partial charge in [-0.2, -0.15) is 0 Å². The normalized spacial score (nSPS) is 11.2. The molecule has 0 aliphatic carbocycles. The first-order valence-corrected chi connectivity index (χ1v) is 8.45. The molecule has 2 nitrogen and oxygen atoms in total. The third kappa shape index (κ3) is 3.05. The number of thioether (sulfide) groups is 1. The van der Waals surface area contributed by atoms with E-state index in [4.69, 9.17) is 28.2 Å². The molecule has 21 heavy (non-hydrogen) atoms. The quantitative estimate of drug-likeness (QED) is 0.572. The summed E-state index contributed by atoms with van der Waals surface area (Å²) in [5.74, 6) is 0.820. The Hall–Kier alpha value is -1.16. The lowest BCUT2D eigenvalue weighted by molar-refractivity contribution is 0.702. The molecule has 0 saturated heterocycles. The topological polar surface area (TPSA) is 17.8 Å². The molecule has 0 saturated carbocycles. The van der Waals surface area contributed by atoms with Gasteiger partial charge < -0.3 is 4.57 Å². The molecular formula is C16H14Cl2N2S. The first-order chi connectivity index (χ1) is 10.2. The van der Waals surface area contributed by atoms with E-state index in [9.17, 15) is 0 Å². The van der Waals surface area contributed by atoms with Crippen molar-refractivity contribution in [3.05, 3.63) is 58.1 Å². The Morgan fingerprint density at radius 1 is 1.10 bits per heavy atom. The molecular weight excluding hydrogens is 323 g/mol. The summed E-state index contributed by atoms with van der Waals surface area (Å²) in [7, 11) is 0. The van der Waals surface area contributed by atoms with Gasteiger partial charge in [-0.3, -0.25) is 0 Å². The molecule has 0 aliphatic heterocycles. The Morgan fingerprint density at radius 3 is 2.67 bits per heavy atom. The van der Waals surface area contributed by atoms with Gasteiger partial charge in [0, 0.05) is 12.3 Å². The summed E-state index contributed by atoms with van der Waals surface area (Å²) in [6.07, 6.45) is 0. The third-order valence-electron chi connectivity index (χ3n) is 3.29. The summed E-state index contributed by atoms with van der Waals surface area (Å²) < 4.78 is 2.23. The first kappa shape index (κ1) is 14.8. The molecule has 0 aliphatic rings. The van der Waals surface area contributed by atoms with Crippen molar-refractivity contribution < 1.29 is 0 Å². The highest BCUT2D eigenvalue weighted by Gasteiger charge is 2.10. The van der Waals surface area contributed by atoms with E-state index in [0.29, 0.717) is 10.0 Å². The number of hydrogen-bond donors (Lipinski definition) is 0. The van der Waals surface area contributed by atoms with Crippen LogP contribution in [0.5, 0.6) is 0 Å². The lowest BCUT2D eigenvalue weighted by Gasteiger charge is -2.06. The summed E-state index contributed by atoms with van der Waals surface area (Å²) in [6.45, 7) is 3.04. The molecule has 0 fully saturated rings. The van der Waals surface area contributed by atoms with Crippen molar-refractivity contribution in [1.29, 1.82) is 0 Å². The van der Waals surface area contributed by atoms with E-state index in [0.717, 1.165) is 28.5 Å². The van der Waals surface area contributed by atoms with Gasteiger partial charge in [0.1, 0.15) is 0 Å². The van der Waals surface area contributed by atoms with Crippen LogP contribution in [0.2, 0.25) is 10.0 Å². The van der Waals surface area contributed by atoms with Crippen LogP contribution in [0.3, 0.4) is 0 Å². The van der Waals surface area contributed by atoms with Crippen molar-refractivity contribution in [2.24, 2.45) is 0 Å². The van der Waals surface area contributed by atoms with Crippen molar-refractivity contribution in [3.63, 3.8) is 0 Å². The van der Waals surface area contributed by atoms with E-state index in [1.807, 2.05) is 36.4 Å².